The molecular formula is C16H24IN3S. The highest BCUT2D eigenvalue weighted by atomic mass is 127. The highest BCUT2D eigenvalue weighted by Gasteiger charge is 2.10. The van der Waals surface area contributed by atoms with Gasteiger partial charge in [0.1, 0.15) is 0 Å². The van der Waals surface area contributed by atoms with Crippen LogP contribution in [0, 0.1) is 0 Å². The second-order valence-electron chi connectivity index (χ2n) is 4.80. The van der Waals surface area contributed by atoms with Crippen LogP contribution in [0.25, 0.3) is 0 Å². The van der Waals surface area contributed by atoms with E-state index in [1.165, 1.54) is 4.90 Å². The number of thioether (sulfide) groups is 1. The largest absolute Gasteiger partial charge is 0.356 e. The van der Waals surface area contributed by atoms with Gasteiger partial charge in [-0.3, -0.25) is 4.99 Å². The summed E-state index contributed by atoms with van der Waals surface area (Å²) < 4.78 is 0. The van der Waals surface area contributed by atoms with Gasteiger partial charge in [0.05, 0.1) is 0 Å². The van der Waals surface area contributed by atoms with E-state index in [4.69, 9.17) is 0 Å². The Bertz CT molecular complexity index is 440. The number of guanidine groups is 1. The first kappa shape index (κ1) is 18.4. The topological polar surface area (TPSA) is 36.4 Å². The van der Waals surface area contributed by atoms with Gasteiger partial charge >= 0.3 is 0 Å². The molecule has 0 heterocycles. The Morgan fingerprint density at radius 2 is 1.95 bits per heavy atom. The summed E-state index contributed by atoms with van der Waals surface area (Å²) in [6, 6.07) is 11.1. The van der Waals surface area contributed by atoms with E-state index in [0.717, 1.165) is 37.5 Å². The van der Waals surface area contributed by atoms with Gasteiger partial charge in [0, 0.05) is 24.5 Å². The summed E-state index contributed by atoms with van der Waals surface area (Å²) in [5.41, 5.74) is 0. The van der Waals surface area contributed by atoms with Crippen molar-refractivity contribution < 1.29 is 0 Å². The Labute approximate surface area is 149 Å². The summed E-state index contributed by atoms with van der Waals surface area (Å²) in [4.78, 5) is 5.61. The van der Waals surface area contributed by atoms with E-state index in [9.17, 15) is 0 Å². The number of nitrogens with one attached hydrogen (secondary N) is 2. The van der Waals surface area contributed by atoms with Crippen molar-refractivity contribution in [3.05, 3.63) is 42.5 Å². The fraction of sp³-hybridized carbons (Fsp3) is 0.438. The maximum atomic E-state index is 4.27. The Morgan fingerprint density at radius 1 is 1.24 bits per heavy atom. The van der Waals surface area contributed by atoms with E-state index in [-0.39, 0.29) is 24.0 Å². The van der Waals surface area contributed by atoms with Crippen molar-refractivity contribution in [3.63, 3.8) is 0 Å². The zero-order valence-corrected chi connectivity index (χ0v) is 15.6. The monoisotopic (exact) mass is 417 g/mol. The molecule has 3 nitrogen and oxygen atoms in total. The molecule has 116 valence electrons. The van der Waals surface area contributed by atoms with Gasteiger partial charge in [-0.15, -0.1) is 35.7 Å². The van der Waals surface area contributed by atoms with E-state index >= 15 is 0 Å². The number of nitrogens with zero attached hydrogens (tertiary/aromatic N) is 1. The highest BCUT2D eigenvalue weighted by Crippen LogP contribution is 2.17. The fourth-order valence-electron chi connectivity index (χ4n) is 2.11. The molecule has 0 aromatic heterocycles. The Hall–Kier alpha value is -0.690. The average Bonchev–Trinajstić information content (AvgIpc) is 3.00. The summed E-state index contributed by atoms with van der Waals surface area (Å²) in [7, 11) is 1.83. The third kappa shape index (κ3) is 7.22. The Balaban J connectivity index is 0.00000220. The summed E-state index contributed by atoms with van der Waals surface area (Å²) >= 11 is 1.90. The van der Waals surface area contributed by atoms with Gasteiger partial charge in [0.25, 0.3) is 0 Å². The molecule has 2 N–H and O–H groups in total. The first-order valence-corrected chi connectivity index (χ1v) is 8.17. The van der Waals surface area contributed by atoms with Crippen molar-refractivity contribution in [1.82, 2.24) is 10.6 Å². The molecule has 2 rings (SSSR count). The molecule has 0 saturated carbocycles. The van der Waals surface area contributed by atoms with Crippen LogP contribution in [0.4, 0.5) is 0 Å². The number of hydrogen-bond donors (Lipinski definition) is 2. The summed E-state index contributed by atoms with van der Waals surface area (Å²) in [5.74, 6) is 2.04. The SMILES string of the molecule is CN=C(NCCCSc1ccccc1)NC1CC=CC1.I. The van der Waals surface area contributed by atoms with E-state index in [0.29, 0.717) is 6.04 Å². The van der Waals surface area contributed by atoms with Crippen LogP contribution in [0.5, 0.6) is 0 Å². The third-order valence-electron chi connectivity index (χ3n) is 3.20. The first-order chi connectivity index (χ1) is 9.88. The van der Waals surface area contributed by atoms with Gasteiger partial charge in [-0.25, -0.2) is 0 Å². The van der Waals surface area contributed by atoms with Crippen LogP contribution in [-0.2, 0) is 0 Å². The third-order valence-corrected chi connectivity index (χ3v) is 4.30. The van der Waals surface area contributed by atoms with Crippen LogP contribution >= 0.6 is 35.7 Å². The lowest BCUT2D eigenvalue weighted by Crippen LogP contribution is -2.42. The molecular weight excluding hydrogens is 393 g/mol. The number of benzene rings is 1. The smallest absolute Gasteiger partial charge is 0.191 e. The van der Waals surface area contributed by atoms with Gasteiger partial charge in [-0.05, 0) is 37.1 Å². The standard InChI is InChI=1S/C16H23N3S.HI/c1-17-16(19-14-8-5-6-9-14)18-12-7-13-20-15-10-3-2-4-11-15;/h2-6,10-11,14H,7-9,12-13H2,1H3,(H2,17,18,19);1H. The predicted molar refractivity (Wildman–Crippen MR) is 104 cm³/mol. The first-order valence-electron chi connectivity index (χ1n) is 7.18. The molecule has 1 aromatic carbocycles. The van der Waals surface area contributed by atoms with Crippen molar-refractivity contribution in [2.24, 2.45) is 4.99 Å². The van der Waals surface area contributed by atoms with Gasteiger partial charge in [-0.2, -0.15) is 0 Å². The molecule has 1 aliphatic rings. The fourth-order valence-corrected chi connectivity index (χ4v) is 2.98. The Morgan fingerprint density at radius 3 is 2.62 bits per heavy atom. The zero-order chi connectivity index (χ0) is 14.0. The normalized spacial score (nSPS) is 14.8. The molecule has 1 aromatic rings. The molecule has 5 heteroatoms. The lowest BCUT2D eigenvalue weighted by atomic mass is 10.2. The van der Waals surface area contributed by atoms with E-state index in [1.54, 1.807) is 0 Å². The number of hydrogen-bond acceptors (Lipinski definition) is 2. The van der Waals surface area contributed by atoms with Crippen molar-refractivity contribution in [2.45, 2.75) is 30.2 Å². The van der Waals surface area contributed by atoms with Gasteiger partial charge in [-0.1, -0.05) is 30.4 Å². The second kappa shape index (κ2) is 11.0. The molecule has 0 spiro atoms. The summed E-state index contributed by atoms with van der Waals surface area (Å²) in [6.45, 7) is 0.958. The number of rotatable bonds is 6. The molecule has 0 bridgehead atoms. The maximum absolute atomic E-state index is 4.27. The van der Waals surface area contributed by atoms with Crippen molar-refractivity contribution in [1.29, 1.82) is 0 Å². The number of halogens is 1. The van der Waals surface area contributed by atoms with Crippen molar-refractivity contribution >= 4 is 41.7 Å². The molecule has 0 aliphatic heterocycles. The van der Waals surface area contributed by atoms with Crippen LogP contribution in [0.3, 0.4) is 0 Å². The molecule has 0 atom stereocenters. The molecule has 0 radical (unpaired) electrons. The van der Waals surface area contributed by atoms with Crippen LogP contribution in [0.1, 0.15) is 19.3 Å². The minimum absolute atomic E-state index is 0. The average molecular weight is 417 g/mol. The minimum Gasteiger partial charge on any atom is -0.356 e. The minimum atomic E-state index is 0. The van der Waals surface area contributed by atoms with Gasteiger partial charge < -0.3 is 10.6 Å². The molecule has 0 saturated heterocycles. The van der Waals surface area contributed by atoms with Crippen molar-refractivity contribution in [2.75, 3.05) is 19.3 Å². The van der Waals surface area contributed by atoms with Crippen LogP contribution < -0.4 is 10.6 Å². The molecule has 1 aliphatic carbocycles. The second-order valence-corrected chi connectivity index (χ2v) is 5.97. The molecule has 0 fully saturated rings. The summed E-state index contributed by atoms with van der Waals surface area (Å²) in [5, 5.41) is 6.82. The lowest BCUT2D eigenvalue weighted by Gasteiger charge is -2.16. The lowest BCUT2D eigenvalue weighted by molar-refractivity contribution is 0.632. The molecule has 0 unspecified atom stereocenters. The number of aliphatic imine (C=N–C) groups is 1. The highest BCUT2D eigenvalue weighted by molar-refractivity contribution is 14.0. The van der Waals surface area contributed by atoms with E-state index in [2.05, 4.69) is 58.1 Å². The van der Waals surface area contributed by atoms with Crippen molar-refractivity contribution in [3.8, 4) is 0 Å². The van der Waals surface area contributed by atoms with Gasteiger partial charge in [0.15, 0.2) is 5.96 Å². The van der Waals surface area contributed by atoms with Crippen LogP contribution in [-0.4, -0.2) is 31.3 Å². The maximum Gasteiger partial charge on any atom is 0.191 e. The van der Waals surface area contributed by atoms with E-state index in [1.807, 2.05) is 18.8 Å². The molecule has 0 amide bonds. The Kier molecular flexibility index (Phi) is 9.58. The van der Waals surface area contributed by atoms with Crippen LogP contribution in [0.2, 0.25) is 0 Å². The predicted octanol–water partition coefficient (Wildman–Crippen LogP) is 3.67. The zero-order valence-electron chi connectivity index (χ0n) is 12.4. The molecule has 21 heavy (non-hydrogen) atoms. The van der Waals surface area contributed by atoms with E-state index < -0.39 is 0 Å². The summed E-state index contributed by atoms with van der Waals surface area (Å²) in [6.07, 6.45) is 7.78. The van der Waals surface area contributed by atoms with Gasteiger partial charge in [0.2, 0.25) is 0 Å². The van der Waals surface area contributed by atoms with Crippen LogP contribution in [0.15, 0.2) is 52.4 Å². The quantitative estimate of drug-likeness (QED) is 0.185.